The molecular weight excluding hydrogens is 499 g/mol. The van der Waals surface area contributed by atoms with E-state index in [1.54, 1.807) is 11.0 Å². The van der Waals surface area contributed by atoms with E-state index < -0.39 is 11.7 Å². The van der Waals surface area contributed by atoms with Gasteiger partial charge < -0.3 is 15.1 Å². The maximum atomic E-state index is 13.4. The van der Waals surface area contributed by atoms with Crippen molar-refractivity contribution in [1.82, 2.24) is 15.1 Å². The minimum absolute atomic E-state index is 0.0131. The van der Waals surface area contributed by atoms with Gasteiger partial charge in [-0.15, -0.1) is 11.8 Å². The summed E-state index contributed by atoms with van der Waals surface area (Å²) in [4.78, 5) is 30.8. The summed E-state index contributed by atoms with van der Waals surface area (Å²) in [6.07, 6.45) is 8.49. The van der Waals surface area contributed by atoms with E-state index in [-0.39, 0.29) is 29.7 Å². The third-order valence-corrected chi connectivity index (χ3v) is 9.27. The Morgan fingerprint density at radius 1 is 1.08 bits per heavy atom. The zero-order chi connectivity index (χ0) is 26.4. The lowest BCUT2D eigenvalue weighted by Crippen LogP contribution is -2.54. The number of rotatable bonds is 8. The molecule has 1 N–H and O–H groups in total. The number of carbonyl (C=O) groups is 2. The summed E-state index contributed by atoms with van der Waals surface area (Å²) in [6, 6.07) is 5.50. The van der Waals surface area contributed by atoms with Gasteiger partial charge in [0, 0.05) is 23.9 Å². The topological polar surface area (TPSA) is 52.7 Å². The Labute approximate surface area is 222 Å². The Hall–Kier alpha value is -2.00. The van der Waals surface area contributed by atoms with Gasteiger partial charge in [0.1, 0.15) is 6.54 Å². The van der Waals surface area contributed by atoms with E-state index in [2.05, 4.69) is 17.3 Å². The van der Waals surface area contributed by atoms with Crippen molar-refractivity contribution in [2.75, 3.05) is 26.7 Å². The molecule has 1 aromatic rings. The first kappa shape index (κ1) is 28.0. The highest BCUT2D eigenvalue weighted by Crippen LogP contribution is 2.42. The largest absolute Gasteiger partial charge is 0.416 e. The second-order valence-corrected chi connectivity index (χ2v) is 11.8. The average molecular weight is 538 g/mol. The van der Waals surface area contributed by atoms with Gasteiger partial charge in [0.15, 0.2) is 0 Å². The summed E-state index contributed by atoms with van der Waals surface area (Å²) in [5.74, 6) is -0.362. The van der Waals surface area contributed by atoms with Crippen molar-refractivity contribution in [3.05, 3.63) is 40.3 Å². The molecule has 5 nitrogen and oxygen atoms in total. The molecule has 3 fully saturated rings. The number of nitrogens with one attached hydrogen (secondary N) is 1. The third kappa shape index (κ3) is 7.53. The van der Waals surface area contributed by atoms with E-state index in [0.29, 0.717) is 23.1 Å². The molecule has 0 radical (unpaired) electrons. The molecule has 1 aliphatic heterocycles. The van der Waals surface area contributed by atoms with Crippen LogP contribution in [0.5, 0.6) is 0 Å². The highest BCUT2D eigenvalue weighted by molar-refractivity contribution is 8.04. The predicted molar refractivity (Wildman–Crippen MR) is 142 cm³/mol. The maximum Gasteiger partial charge on any atom is 0.416 e. The van der Waals surface area contributed by atoms with Gasteiger partial charge in [-0.3, -0.25) is 9.59 Å². The summed E-state index contributed by atoms with van der Waals surface area (Å²) in [5.41, 5.74) is -0.169. The molecule has 2 unspecified atom stereocenters. The molecule has 4 rings (SSSR count). The quantitative estimate of drug-likeness (QED) is 0.341. The number of carbonyl (C=O) groups excluding carboxylic acids is 2. The van der Waals surface area contributed by atoms with Crippen molar-refractivity contribution in [1.29, 1.82) is 0 Å². The van der Waals surface area contributed by atoms with Crippen molar-refractivity contribution in [2.24, 2.45) is 0 Å². The normalized spacial score (nSPS) is 24.4. The number of thioether (sulfide) groups is 1. The van der Waals surface area contributed by atoms with E-state index in [1.165, 1.54) is 56.0 Å². The summed E-state index contributed by atoms with van der Waals surface area (Å²) in [6.45, 7) is 1.54. The van der Waals surface area contributed by atoms with Gasteiger partial charge in [0.05, 0.1) is 10.5 Å². The smallest absolute Gasteiger partial charge is 0.355 e. The Morgan fingerprint density at radius 2 is 1.76 bits per heavy atom. The monoisotopic (exact) mass is 537 g/mol. The number of hydrogen-bond donors (Lipinski definition) is 1. The van der Waals surface area contributed by atoms with Crippen LogP contribution in [-0.4, -0.2) is 65.6 Å². The minimum Gasteiger partial charge on any atom is -0.355 e. The lowest BCUT2D eigenvalue weighted by molar-refractivity contribution is -0.137. The van der Waals surface area contributed by atoms with Gasteiger partial charge >= 0.3 is 6.18 Å². The van der Waals surface area contributed by atoms with Crippen LogP contribution in [0.3, 0.4) is 0 Å². The van der Waals surface area contributed by atoms with Crippen LogP contribution in [0.4, 0.5) is 13.2 Å². The van der Waals surface area contributed by atoms with Crippen molar-refractivity contribution < 1.29 is 22.8 Å². The zero-order valence-electron chi connectivity index (χ0n) is 21.6. The van der Waals surface area contributed by atoms with Gasteiger partial charge in [0.25, 0.3) is 5.91 Å². The van der Waals surface area contributed by atoms with Gasteiger partial charge in [-0.05, 0) is 69.5 Å². The molecule has 204 valence electrons. The molecule has 37 heavy (non-hydrogen) atoms. The second kappa shape index (κ2) is 12.7. The van der Waals surface area contributed by atoms with Crippen LogP contribution < -0.4 is 5.32 Å². The number of nitrogens with zero attached hydrogens (tertiary/aromatic N) is 2. The lowest BCUT2D eigenvalue weighted by atomic mass is 9.93. The lowest BCUT2D eigenvalue weighted by Gasteiger charge is -2.43. The molecule has 3 aliphatic rings. The summed E-state index contributed by atoms with van der Waals surface area (Å²) < 4.78 is 38.7. The Morgan fingerprint density at radius 3 is 2.46 bits per heavy atom. The summed E-state index contributed by atoms with van der Waals surface area (Å²) in [7, 11) is 2.16. The summed E-state index contributed by atoms with van der Waals surface area (Å²) in [5, 5.41) is 3.20. The molecule has 0 aromatic heterocycles. The molecule has 2 aliphatic carbocycles. The first-order valence-electron chi connectivity index (χ1n) is 13.6. The van der Waals surface area contributed by atoms with E-state index in [1.807, 2.05) is 0 Å². The minimum atomic E-state index is -4.40. The Bertz CT molecular complexity index is 960. The van der Waals surface area contributed by atoms with Gasteiger partial charge in [-0.2, -0.15) is 13.2 Å². The maximum absolute atomic E-state index is 13.4. The van der Waals surface area contributed by atoms with Gasteiger partial charge in [-0.25, -0.2) is 0 Å². The number of amides is 2. The highest BCUT2D eigenvalue weighted by atomic mass is 32.2. The first-order valence-corrected chi connectivity index (χ1v) is 14.4. The number of benzene rings is 1. The zero-order valence-corrected chi connectivity index (χ0v) is 22.4. The Kier molecular flexibility index (Phi) is 9.62. The first-order chi connectivity index (χ1) is 17.7. The molecule has 9 heteroatoms. The van der Waals surface area contributed by atoms with Crippen LogP contribution in [-0.2, 0) is 15.8 Å². The SMILES string of the molecule is CN(CCCNC(=O)CN1C(=O)/C(=C/c2ccc(C(F)(F)F)cc2)SC2CCCCC21)C1CCCCC1. The number of alkyl halides is 3. The predicted octanol–water partition coefficient (Wildman–Crippen LogP) is 5.70. The van der Waals surface area contributed by atoms with Crippen LogP contribution >= 0.6 is 11.8 Å². The van der Waals surface area contributed by atoms with Crippen LogP contribution in [0.1, 0.15) is 75.3 Å². The van der Waals surface area contributed by atoms with E-state index in [0.717, 1.165) is 50.8 Å². The van der Waals surface area contributed by atoms with Crippen LogP contribution in [0.15, 0.2) is 29.2 Å². The third-order valence-electron chi connectivity index (χ3n) is 7.88. The van der Waals surface area contributed by atoms with E-state index in [9.17, 15) is 22.8 Å². The Balaban J connectivity index is 1.35. The molecule has 2 amide bonds. The second-order valence-electron chi connectivity index (χ2n) is 10.5. The molecule has 2 saturated carbocycles. The van der Waals surface area contributed by atoms with Crippen molar-refractivity contribution in [2.45, 2.75) is 87.7 Å². The summed E-state index contributed by atoms with van der Waals surface area (Å²) >= 11 is 1.51. The molecule has 0 spiro atoms. The molecule has 2 atom stereocenters. The molecule has 1 heterocycles. The van der Waals surface area contributed by atoms with Crippen molar-refractivity contribution in [3.8, 4) is 0 Å². The van der Waals surface area contributed by atoms with Crippen LogP contribution in [0.2, 0.25) is 0 Å². The van der Waals surface area contributed by atoms with E-state index >= 15 is 0 Å². The fraction of sp³-hybridized carbons (Fsp3) is 0.643. The molecule has 1 aromatic carbocycles. The average Bonchev–Trinajstić information content (AvgIpc) is 2.89. The number of hydrogen-bond acceptors (Lipinski definition) is 4. The number of halogens is 3. The standard InChI is InChI=1S/C28H38F3N3O2S/c1-33(22-8-3-2-4-9-22)17-7-16-32-26(35)19-34-23-10-5-6-11-24(23)37-25(27(34)36)18-20-12-14-21(15-13-20)28(29,30)31/h12-15,18,22-24H,2-11,16-17,19H2,1H3,(H,32,35)/b25-18-. The molecular formula is C28H38F3N3O2S. The fourth-order valence-electron chi connectivity index (χ4n) is 5.75. The van der Waals surface area contributed by atoms with Gasteiger partial charge in [-0.1, -0.05) is 44.2 Å². The van der Waals surface area contributed by atoms with Crippen molar-refractivity contribution >= 4 is 29.7 Å². The van der Waals surface area contributed by atoms with Crippen LogP contribution in [0, 0.1) is 0 Å². The number of fused-ring (bicyclic) bond motifs is 1. The van der Waals surface area contributed by atoms with E-state index in [4.69, 9.17) is 0 Å². The molecule has 1 saturated heterocycles. The van der Waals surface area contributed by atoms with Gasteiger partial charge in [0.2, 0.25) is 5.91 Å². The van der Waals surface area contributed by atoms with Crippen LogP contribution in [0.25, 0.3) is 6.08 Å². The highest BCUT2D eigenvalue weighted by Gasteiger charge is 2.41. The van der Waals surface area contributed by atoms with Crippen molar-refractivity contribution in [3.63, 3.8) is 0 Å². The molecule has 0 bridgehead atoms. The fourth-order valence-corrected chi connectivity index (χ4v) is 7.23.